The molecule has 2 saturated carbocycles. The summed E-state index contributed by atoms with van der Waals surface area (Å²) in [6.07, 6.45) is 1.92. The SMILES string of the molecule is CC#CC(=O)NCCCNCc1cc2c(c(C(F)(F)F)c1)CN(c1cccc(C3(c4nncn4C)CC4(CC4)C3)c1)C2=O. The Morgan fingerprint density at radius 2 is 1.93 bits per heavy atom. The fraction of sp³-hybridized carbons (Fsp3) is 0.438. The Kier molecular flexibility index (Phi) is 7.29. The summed E-state index contributed by atoms with van der Waals surface area (Å²) in [5.74, 6) is 4.96. The van der Waals surface area contributed by atoms with Crippen LogP contribution in [-0.4, -0.2) is 39.7 Å². The van der Waals surface area contributed by atoms with Gasteiger partial charge in [-0.2, -0.15) is 13.2 Å². The first-order valence-corrected chi connectivity index (χ1v) is 14.5. The molecule has 3 aliphatic rings. The van der Waals surface area contributed by atoms with Crippen molar-refractivity contribution in [3.05, 3.63) is 76.4 Å². The summed E-state index contributed by atoms with van der Waals surface area (Å²) in [5.41, 5.74) is 1.23. The largest absolute Gasteiger partial charge is 0.416 e. The van der Waals surface area contributed by atoms with Crippen LogP contribution in [0.25, 0.3) is 0 Å². The maximum atomic E-state index is 14.2. The van der Waals surface area contributed by atoms with Gasteiger partial charge in [0.1, 0.15) is 12.2 Å². The van der Waals surface area contributed by atoms with E-state index in [-0.39, 0.29) is 35.5 Å². The number of nitrogens with one attached hydrogen (secondary N) is 2. The molecule has 2 fully saturated rings. The van der Waals surface area contributed by atoms with Crippen LogP contribution in [0.5, 0.6) is 0 Å². The van der Waals surface area contributed by atoms with Crippen molar-refractivity contribution in [3.8, 4) is 11.8 Å². The van der Waals surface area contributed by atoms with Gasteiger partial charge in [0.2, 0.25) is 0 Å². The monoisotopic (exact) mass is 590 g/mol. The molecule has 224 valence electrons. The number of aromatic nitrogens is 3. The lowest BCUT2D eigenvalue weighted by atomic mass is 9.56. The maximum absolute atomic E-state index is 14.2. The zero-order chi connectivity index (χ0) is 30.4. The molecule has 1 aliphatic heterocycles. The van der Waals surface area contributed by atoms with Gasteiger partial charge >= 0.3 is 6.18 Å². The van der Waals surface area contributed by atoms with Crippen LogP contribution in [0.15, 0.2) is 42.7 Å². The number of carbonyl (C=O) groups is 2. The normalized spacial score (nSPS) is 17.7. The molecule has 1 aromatic heterocycles. The van der Waals surface area contributed by atoms with Gasteiger partial charge in [-0.15, -0.1) is 10.2 Å². The summed E-state index contributed by atoms with van der Waals surface area (Å²) in [4.78, 5) is 26.5. The van der Waals surface area contributed by atoms with Gasteiger partial charge in [0, 0.05) is 31.4 Å². The minimum atomic E-state index is -4.61. The predicted octanol–water partition coefficient (Wildman–Crippen LogP) is 4.47. The molecule has 0 saturated heterocycles. The first-order chi connectivity index (χ1) is 20.6. The average molecular weight is 591 g/mol. The number of fused-ring (bicyclic) bond motifs is 1. The van der Waals surface area contributed by atoms with Gasteiger partial charge in [-0.3, -0.25) is 9.59 Å². The third kappa shape index (κ3) is 5.40. The molecular weight excluding hydrogens is 557 g/mol. The quantitative estimate of drug-likeness (QED) is 0.284. The zero-order valence-corrected chi connectivity index (χ0v) is 24.1. The maximum Gasteiger partial charge on any atom is 0.416 e. The average Bonchev–Trinajstić information content (AvgIpc) is 3.52. The van der Waals surface area contributed by atoms with E-state index >= 15 is 0 Å². The molecule has 1 spiro atoms. The number of hydrogen-bond donors (Lipinski definition) is 2. The summed E-state index contributed by atoms with van der Waals surface area (Å²) in [7, 11) is 1.92. The van der Waals surface area contributed by atoms with E-state index in [1.54, 1.807) is 25.4 Å². The number of alkyl halides is 3. The molecule has 3 aromatic rings. The first kappa shape index (κ1) is 28.9. The highest BCUT2D eigenvalue weighted by molar-refractivity contribution is 6.10. The second-order valence-electron chi connectivity index (χ2n) is 12.0. The highest BCUT2D eigenvalue weighted by Gasteiger charge is 2.63. The van der Waals surface area contributed by atoms with E-state index in [1.807, 2.05) is 29.8 Å². The van der Waals surface area contributed by atoms with E-state index in [0.717, 1.165) is 30.3 Å². The van der Waals surface area contributed by atoms with Crippen LogP contribution in [0.1, 0.15) is 77.5 Å². The van der Waals surface area contributed by atoms with E-state index in [4.69, 9.17) is 0 Å². The number of hydrogen-bond acceptors (Lipinski definition) is 5. The van der Waals surface area contributed by atoms with Crippen LogP contribution >= 0.6 is 0 Å². The Hall–Kier alpha value is -4.17. The molecule has 0 radical (unpaired) electrons. The van der Waals surface area contributed by atoms with Crippen molar-refractivity contribution in [2.45, 2.75) is 63.7 Å². The number of aryl methyl sites for hydroxylation is 1. The van der Waals surface area contributed by atoms with Gasteiger partial charge in [-0.1, -0.05) is 18.1 Å². The van der Waals surface area contributed by atoms with Crippen molar-refractivity contribution >= 4 is 17.5 Å². The topological polar surface area (TPSA) is 92.2 Å². The number of carbonyl (C=O) groups excluding carboxylic acids is 2. The summed E-state index contributed by atoms with van der Waals surface area (Å²) in [6.45, 7) is 2.44. The van der Waals surface area contributed by atoms with Crippen molar-refractivity contribution in [3.63, 3.8) is 0 Å². The minimum Gasteiger partial charge on any atom is -0.345 e. The van der Waals surface area contributed by atoms with Crippen molar-refractivity contribution in [2.75, 3.05) is 18.0 Å². The standard InChI is InChI=1S/C32H33F3N6O2/c1-3-6-27(42)37-12-5-11-36-16-21-13-24-25(26(14-21)32(33,34)35)17-41(28(24)43)23-8-4-7-22(15-23)31(18-30(19-31)9-10-30)29-39-38-20-40(29)2/h4,7-8,13-15,20,36H,5,9-12,16-19H2,1-2H3,(H,37,42). The van der Waals surface area contributed by atoms with Crippen LogP contribution in [0, 0.1) is 17.3 Å². The van der Waals surface area contributed by atoms with Crippen LogP contribution < -0.4 is 15.5 Å². The molecular formula is C32H33F3N6O2. The van der Waals surface area contributed by atoms with Gasteiger partial charge in [0.05, 0.1) is 17.5 Å². The molecule has 0 bridgehead atoms. The number of benzene rings is 2. The first-order valence-electron chi connectivity index (χ1n) is 14.5. The van der Waals surface area contributed by atoms with Gasteiger partial charge in [-0.25, -0.2) is 0 Å². The zero-order valence-electron chi connectivity index (χ0n) is 24.1. The minimum absolute atomic E-state index is 0.00464. The number of rotatable bonds is 9. The second kappa shape index (κ2) is 10.8. The Morgan fingerprint density at radius 3 is 2.60 bits per heavy atom. The molecule has 6 rings (SSSR count). The van der Waals surface area contributed by atoms with Crippen LogP contribution in [-0.2, 0) is 36.5 Å². The van der Waals surface area contributed by atoms with Gasteiger partial charge < -0.3 is 20.1 Å². The molecule has 2 N–H and O–H groups in total. The highest BCUT2D eigenvalue weighted by Crippen LogP contribution is 2.70. The number of amides is 2. The molecule has 2 heterocycles. The fourth-order valence-electron chi connectivity index (χ4n) is 6.78. The molecule has 11 heteroatoms. The van der Waals surface area contributed by atoms with E-state index in [2.05, 4.69) is 32.7 Å². The molecule has 8 nitrogen and oxygen atoms in total. The lowest BCUT2D eigenvalue weighted by Gasteiger charge is -2.48. The van der Waals surface area contributed by atoms with E-state index in [9.17, 15) is 22.8 Å². The second-order valence-corrected chi connectivity index (χ2v) is 12.0. The van der Waals surface area contributed by atoms with Gasteiger partial charge in [-0.05, 0) is 97.9 Å². The number of anilines is 1. The van der Waals surface area contributed by atoms with Crippen molar-refractivity contribution in [2.24, 2.45) is 12.5 Å². The van der Waals surface area contributed by atoms with Crippen molar-refractivity contribution < 1.29 is 22.8 Å². The van der Waals surface area contributed by atoms with Crippen LogP contribution in [0.4, 0.5) is 18.9 Å². The van der Waals surface area contributed by atoms with Crippen molar-refractivity contribution in [1.29, 1.82) is 0 Å². The summed E-state index contributed by atoms with van der Waals surface area (Å²) in [6, 6.07) is 10.3. The van der Waals surface area contributed by atoms with Crippen LogP contribution in [0.3, 0.4) is 0 Å². The third-order valence-electron chi connectivity index (χ3n) is 8.95. The Bertz CT molecular complexity index is 1640. The van der Waals surface area contributed by atoms with Crippen LogP contribution in [0.2, 0.25) is 0 Å². The summed E-state index contributed by atoms with van der Waals surface area (Å²) in [5, 5.41) is 14.3. The fourth-order valence-corrected chi connectivity index (χ4v) is 6.78. The Labute approximate surface area is 248 Å². The molecule has 2 aromatic carbocycles. The number of nitrogens with zero attached hydrogens (tertiary/aromatic N) is 4. The lowest BCUT2D eigenvalue weighted by Crippen LogP contribution is -2.45. The molecule has 2 amide bonds. The summed E-state index contributed by atoms with van der Waals surface area (Å²) >= 11 is 0. The molecule has 0 atom stereocenters. The summed E-state index contributed by atoms with van der Waals surface area (Å²) < 4.78 is 44.6. The predicted molar refractivity (Wildman–Crippen MR) is 154 cm³/mol. The van der Waals surface area contributed by atoms with E-state index in [1.165, 1.54) is 17.7 Å². The molecule has 2 aliphatic carbocycles. The molecule has 43 heavy (non-hydrogen) atoms. The smallest absolute Gasteiger partial charge is 0.345 e. The Morgan fingerprint density at radius 1 is 1.14 bits per heavy atom. The van der Waals surface area contributed by atoms with Crippen molar-refractivity contribution in [1.82, 2.24) is 25.4 Å². The van der Waals surface area contributed by atoms with Gasteiger partial charge in [0.15, 0.2) is 0 Å². The van der Waals surface area contributed by atoms with E-state index < -0.39 is 17.6 Å². The lowest BCUT2D eigenvalue weighted by molar-refractivity contribution is -0.138. The number of halogens is 3. The highest BCUT2D eigenvalue weighted by atomic mass is 19.4. The third-order valence-corrected chi connectivity index (χ3v) is 8.95. The van der Waals surface area contributed by atoms with Gasteiger partial charge in [0.25, 0.3) is 11.8 Å². The molecule has 0 unspecified atom stereocenters. The Balaban J connectivity index is 1.22. The van der Waals surface area contributed by atoms with E-state index in [0.29, 0.717) is 36.2 Å².